The Morgan fingerprint density at radius 1 is 1.32 bits per heavy atom. The average Bonchev–Trinajstić information content (AvgIpc) is 3.01. The van der Waals surface area contributed by atoms with Crippen molar-refractivity contribution < 1.29 is 9.13 Å². The summed E-state index contributed by atoms with van der Waals surface area (Å²) in [4.78, 5) is 4.24. The van der Waals surface area contributed by atoms with E-state index in [0.29, 0.717) is 12.6 Å². The minimum absolute atomic E-state index is 0. The van der Waals surface area contributed by atoms with Gasteiger partial charge in [-0.2, -0.15) is 0 Å². The molecular weight excluding hydrogens is 396 g/mol. The lowest BCUT2D eigenvalue weighted by atomic mass is 10.1. The van der Waals surface area contributed by atoms with E-state index in [4.69, 9.17) is 4.74 Å². The second kappa shape index (κ2) is 9.99. The van der Waals surface area contributed by atoms with Crippen molar-refractivity contribution >= 4 is 29.9 Å². The van der Waals surface area contributed by atoms with E-state index in [1.54, 1.807) is 26.3 Å². The number of nitrogens with one attached hydrogen (secondary N) is 2. The van der Waals surface area contributed by atoms with Gasteiger partial charge in [-0.25, -0.2) is 4.39 Å². The van der Waals surface area contributed by atoms with Gasteiger partial charge in [-0.05, 0) is 30.5 Å². The maximum atomic E-state index is 13.0. The number of hydrogen-bond donors (Lipinski definition) is 2. The molecular formula is C16H25FIN3O. The molecule has 6 heteroatoms. The molecule has 1 aliphatic carbocycles. The Kier molecular flexibility index (Phi) is 8.70. The second-order valence-corrected chi connectivity index (χ2v) is 5.35. The molecule has 2 N–H and O–H groups in total. The fraction of sp³-hybridized carbons (Fsp3) is 0.562. The molecule has 0 aliphatic heterocycles. The van der Waals surface area contributed by atoms with Crippen LogP contribution in [0, 0.1) is 5.82 Å². The summed E-state index contributed by atoms with van der Waals surface area (Å²) in [7, 11) is 3.42. The van der Waals surface area contributed by atoms with Gasteiger partial charge in [0.05, 0.1) is 6.10 Å². The number of benzene rings is 1. The van der Waals surface area contributed by atoms with Gasteiger partial charge < -0.3 is 15.4 Å². The quantitative estimate of drug-likeness (QED) is 0.436. The highest BCUT2D eigenvalue weighted by Crippen LogP contribution is 2.18. The summed E-state index contributed by atoms with van der Waals surface area (Å²) in [6, 6.07) is 6.92. The molecule has 1 aliphatic rings. The zero-order chi connectivity index (χ0) is 15.1. The van der Waals surface area contributed by atoms with Gasteiger partial charge in [0.25, 0.3) is 0 Å². The van der Waals surface area contributed by atoms with Crippen LogP contribution < -0.4 is 10.6 Å². The van der Waals surface area contributed by atoms with Crippen LogP contribution in [0.4, 0.5) is 4.39 Å². The molecule has 1 atom stereocenters. The molecule has 1 aromatic rings. The van der Waals surface area contributed by atoms with Crippen molar-refractivity contribution in [3.05, 3.63) is 35.6 Å². The summed E-state index contributed by atoms with van der Waals surface area (Å²) in [5.41, 5.74) is 0.947. The minimum atomic E-state index is -0.236. The Labute approximate surface area is 148 Å². The molecule has 0 aromatic heterocycles. The predicted octanol–water partition coefficient (Wildman–Crippen LogP) is 3.24. The van der Waals surface area contributed by atoms with Crippen LogP contribution >= 0.6 is 24.0 Å². The van der Waals surface area contributed by atoms with Crippen molar-refractivity contribution in [3.8, 4) is 0 Å². The number of methoxy groups -OCH3 is 1. The van der Waals surface area contributed by atoms with E-state index in [-0.39, 0.29) is 35.9 Å². The van der Waals surface area contributed by atoms with E-state index in [1.807, 2.05) is 0 Å². The molecule has 0 spiro atoms. The number of hydrogen-bond acceptors (Lipinski definition) is 2. The van der Waals surface area contributed by atoms with E-state index in [9.17, 15) is 4.39 Å². The van der Waals surface area contributed by atoms with Gasteiger partial charge >= 0.3 is 0 Å². The Morgan fingerprint density at radius 2 is 1.95 bits per heavy atom. The fourth-order valence-electron chi connectivity index (χ4n) is 2.66. The van der Waals surface area contributed by atoms with Crippen molar-refractivity contribution in [2.45, 2.75) is 37.8 Å². The van der Waals surface area contributed by atoms with E-state index in [1.165, 1.54) is 37.8 Å². The highest BCUT2D eigenvalue weighted by atomic mass is 127. The SMILES string of the molecule is CN=C(NCC(OC)c1ccc(F)cc1)NC1CCCC1.I. The summed E-state index contributed by atoms with van der Waals surface area (Å²) in [6.45, 7) is 0.592. The maximum Gasteiger partial charge on any atom is 0.191 e. The number of ether oxygens (including phenoxy) is 1. The first-order valence-electron chi connectivity index (χ1n) is 7.48. The van der Waals surface area contributed by atoms with Crippen LogP contribution in [0.5, 0.6) is 0 Å². The van der Waals surface area contributed by atoms with Gasteiger partial charge in [-0.3, -0.25) is 4.99 Å². The van der Waals surface area contributed by atoms with Gasteiger partial charge in [-0.1, -0.05) is 25.0 Å². The summed E-state index contributed by atoms with van der Waals surface area (Å²) in [6.07, 6.45) is 4.84. The van der Waals surface area contributed by atoms with E-state index in [0.717, 1.165) is 11.5 Å². The molecule has 0 radical (unpaired) electrons. The maximum absolute atomic E-state index is 13.0. The minimum Gasteiger partial charge on any atom is -0.375 e. The molecule has 22 heavy (non-hydrogen) atoms. The molecule has 124 valence electrons. The van der Waals surface area contributed by atoms with Gasteiger partial charge in [-0.15, -0.1) is 24.0 Å². The van der Waals surface area contributed by atoms with Crippen LogP contribution in [0.25, 0.3) is 0 Å². The van der Waals surface area contributed by atoms with Crippen LogP contribution in [0.2, 0.25) is 0 Å². The lowest BCUT2D eigenvalue weighted by Crippen LogP contribution is -2.43. The molecule has 1 aromatic carbocycles. The molecule has 1 unspecified atom stereocenters. The summed E-state index contributed by atoms with van der Waals surface area (Å²) in [5, 5.41) is 6.71. The monoisotopic (exact) mass is 421 g/mol. The highest BCUT2D eigenvalue weighted by molar-refractivity contribution is 14.0. The van der Waals surface area contributed by atoms with Gasteiger partial charge in [0.15, 0.2) is 5.96 Å². The molecule has 0 bridgehead atoms. The van der Waals surface area contributed by atoms with Crippen molar-refractivity contribution in [3.63, 3.8) is 0 Å². The standard InChI is InChI=1S/C16H24FN3O.HI/c1-18-16(20-14-5-3-4-6-14)19-11-15(21-2)12-7-9-13(17)10-8-12;/h7-10,14-15H,3-6,11H2,1-2H3,(H2,18,19,20);1H. The van der Waals surface area contributed by atoms with Crippen molar-refractivity contribution in [2.75, 3.05) is 20.7 Å². The largest absolute Gasteiger partial charge is 0.375 e. The Hall–Kier alpha value is -0.890. The van der Waals surface area contributed by atoms with Crippen LogP contribution in [-0.4, -0.2) is 32.7 Å². The Morgan fingerprint density at radius 3 is 2.50 bits per heavy atom. The topological polar surface area (TPSA) is 45.7 Å². The van der Waals surface area contributed by atoms with Crippen LogP contribution in [0.3, 0.4) is 0 Å². The van der Waals surface area contributed by atoms with Crippen LogP contribution in [0.1, 0.15) is 37.4 Å². The normalized spacial score (nSPS) is 17.0. The van der Waals surface area contributed by atoms with E-state index in [2.05, 4.69) is 15.6 Å². The van der Waals surface area contributed by atoms with Crippen LogP contribution in [-0.2, 0) is 4.74 Å². The van der Waals surface area contributed by atoms with E-state index < -0.39 is 0 Å². The zero-order valence-electron chi connectivity index (χ0n) is 13.1. The van der Waals surface area contributed by atoms with Crippen molar-refractivity contribution in [2.24, 2.45) is 4.99 Å². The first kappa shape index (κ1) is 19.2. The molecule has 0 amide bonds. The number of aliphatic imine (C=N–C) groups is 1. The highest BCUT2D eigenvalue weighted by Gasteiger charge is 2.17. The second-order valence-electron chi connectivity index (χ2n) is 5.35. The van der Waals surface area contributed by atoms with Crippen LogP contribution in [0.15, 0.2) is 29.3 Å². The number of guanidine groups is 1. The molecule has 1 saturated carbocycles. The molecule has 0 heterocycles. The molecule has 1 fully saturated rings. The average molecular weight is 421 g/mol. The summed E-state index contributed by atoms with van der Waals surface area (Å²) < 4.78 is 18.4. The lowest BCUT2D eigenvalue weighted by molar-refractivity contribution is 0.106. The zero-order valence-corrected chi connectivity index (χ0v) is 15.5. The number of halogens is 2. The molecule has 4 nitrogen and oxygen atoms in total. The number of nitrogens with zero attached hydrogens (tertiary/aromatic N) is 1. The lowest BCUT2D eigenvalue weighted by Gasteiger charge is -2.21. The van der Waals surface area contributed by atoms with Gasteiger partial charge in [0.1, 0.15) is 5.82 Å². The first-order chi connectivity index (χ1) is 10.2. The third kappa shape index (κ3) is 5.72. The molecule has 2 rings (SSSR count). The van der Waals surface area contributed by atoms with Gasteiger partial charge in [0.2, 0.25) is 0 Å². The van der Waals surface area contributed by atoms with E-state index >= 15 is 0 Å². The first-order valence-corrected chi connectivity index (χ1v) is 7.48. The Balaban J connectivity index is 0.00000242. The summed E-state index contributed by atoms with van der Waals surface area (Å²) >= 11 is 0. The fourth-order valence-corrected chi connectivity index (χ4v) is 2.66. The van der Waals surface area contributed by atoms with Crippen molar-refractivity contribution in [1.29, 1.82) is 0 Å². The molecule has 0 saturated heterocycles. The third-order valence-electron chi connectivity index (χ3n) is 3.90. The number of rotatable bonds is 5. The Bertz CT molecular complexity index is 461. The third-order valence-corrected chi connectivity index (χ3v) is 3.90. The van der Waals surface area contributed by atoms with Crippen molar-refractivity contribution in [1.82, 2.24) is 10.6 Å². The summed E-state index contributed by atoms with van der Waals surface area (Å²) in [5.74, 6) is 0.561. The smallest absolute Gasteiger partial charge is 0.191 e. The van der Waals surface area contributed by atoms with Gasteiger partial charge in [0, 0.05) is 26.7 Å². The predicted molar refractivity (Wildman–Crippen MR) is 98.3 cm³/mol.